The molecule has 0 bridgehead atoms. The van der Waals surface area contributed by atoms with Crippen molar-refractivity contribution in [2.45, 2.75) is 37.8 Å². The number of hydrogen-bond donors (Lipinski definition) is 2. The highest BCUT2D eigenvalue weighted by molar-refractivity contribution is 8.00. The van der Waals surface area contributed by atoms with Gasteiger partial charge in [-0.25, -0.2) is 8.42 Å². The highest BCUT2D eigenvalue weighted by Crippen LogP contribution is 2.24. The van der Waals surface area contributed by atoms with Gasteiger partial charge in [-0.1, -0.05) is 0 Å². The third-order valence-electron chi connectivity index (χ3n) is 2.99. The summed E-state index contributed by atoms with van der Waals surface area (Å²) in [5.74, 6) is 1.14. The number of amides is 1. The lowest BCUT2D eigenvalue weighted by Crippen LogP contribution is -2.54. The molecule has 5 nitrogen and oxygen atoms in total. The summed E-state index contributed by atoms with van der Waals surface area (Å²) in [7, 11) is -2.89. The second-order valence-electron chi connectivity index (χ2n) is 5.11. The molecule has 1 rings (SSSR count). The van der Waals surface area contributed by atoms with Crippen molar-refractivity contribution in [1.82, 2.24) is 5.32 Å². The number of thioether (sulfide) groups is 1. The summed E-state index contributed by atoms with van der Waals surface area (Å²) < 4.78 is 21.9. The largest absolute Gasteiger partial charge is 0.368 e. The number of hydrogen-bond acceptors (Lipinski definition) is 5. The Kier molecular flexibility index (Phi) is 5.48. The summed E-state index contributed by atoms with van der Waals surface area (Å²) in [6.45, 7) is 1.82. The fourth-order valence-corrected chi connectivity index (χ4v) is 3.97. The smallest absolute Gasteiger partial charge is 0.237 e. The molecule has 0 spiro atoms. The highest BCUT2D eigenvalue weighted by atomic mass is 32.2. The van der Waals surface area contributed by atoms with Gasteiger partial charge in [-0.15, -0.1) is 0 Å². The lowest BCUT2D eigenvalue weighted by Gasteiger charge is -2.27. The molecule has 1 atom stereocenters. The molecular formula is C11H22N2O3S2. The zero-order valence-electron chi connectivity index (χ0n) is 10.9. The zero-order chi connectivity index (χ0) is 13.8. The van der Waals surface area contributed by atoms with Crippen LogP contribution in [0.4, 0.5) is 0 Å². The molecule has 1 saturated carbocycles. The number of carbonyl (C=O) groups is 1. The van der Waals surface area contributed by atoms with Gasteiger partial charge < -0.3 is 11.1 Å². The fraction of sp³-hybridized carbons (Fsp3) is 0.909. The Bertz CT molecular complexity index is 393. The first-order chi connectivity index (χ1) is 8.23. The molecule has 18 heavy (non-hydrogen) atoms. The van der Waals surface area contributed by atoms with Crippen molar-refractivity contribution in [2.75, 3.05) is 23.5 Å². The average molecular weight is 294 g/mol. The minimum Gasteiger partial charge on any atom is -0.368 e. The van der Waals surface area contributed by atoms with Gasteiger partial charge in [0.1, 0.15) is 9.84 Å². The molecule has 0 heterocycles. The van der Waals surface area contributed by atoms with E-state index in [1.165, 1.54) is 6.26 Å². The molecule has 1 aliphatic rings. The van der Waals surface area contributed by atoms with Crippen molar-refractivity contribution in [2.24, 2.45) is 5.73 Å². The van der Waals surface area contributed by atoms with Crippen LogP contribution in [0.25, 0.3) is 0 Å². The van der Waals surface area contributed by atoms with E-state index in [0.717, 1.165) is 18.6 Å². The van der Waals surface area contributed by atoms with Gasteiger partial charge in [0.25, 0.3) is 0 Å². The van der Waals surface area contributed by atoms with Crippen molar-refractivity contribution in [1.29, 1.82) is 0 Å². The summed E-state index contributed by atoms with van der Waals surface area (Å²) in [5, 5.41) is 3.27. The summed E-state index contributed by atoms with van der Waals surface area (Å²) in [6, 6.07) is 0.420. The maximum atomic E-state index is 11.5. The van der Waals surface area contributed by atoms with E-state index in [2.05, 4.69) is 5.32 Å². The predicted molar refractivity (Wildman–Crippen MR) is 75.4 cm³/mol. The molecule has 0 aliphatic heterocycles. The van der Waals surface area contributed by atoms with Gasteiger partial charge in [0.2, 0.25) is 5.91 Å². The van der Waals surface area contributed by atoms with Crippen LogP contribution in [0.5, 0.6) is 0 Å². The quantitative estimate of drug-likeness (QED) is 0.591. The number of sulfone groups is 1. The van der Waals surface area contributed by atoms with Crippen molar-refractivity contribution in [3.63, 3.8) is 0 Å². The average Bonchev–Trinajstić information content (AvgIpc) is 2.99. The van der Waals surface area contributed by atoms with Crippen LogP contribution >= 0.6 is 11.8 Å². The summed E-state index contributed by atoms with van der Waals surface area (Å²) in [4.78, 5) is 11.5. The number of nitrogens with two attached hydrogens (primary N) is 1. The maximum Gasteiger partial charge on any atom is 0.237 e. The maximum absolute atomic E-state index is 11.5. The monoisotopic (exact) mass is 294 g/mol. The van der Waals surface area contributed by atoms with Crippen LogP contribution in [0, 0.1) is 0 Å². The van der Waals surface area contributed by atoms with Gasteiger partial charge in [0.15, 0.2) is 0 Å². The molecule has 106 valence electrons. The van der Waals surface area contributed by atoms with Crippen molar-refractivity contribution >= 4 is 27.5 Å². The standard InChI is InChI=1S/C11H22N2O3S2/c1-11(10(12)14,13-9-3-4-9)5-6-17-7-8-18(2,15)16/h9,13H,3-8H2,1-2H3,(H2,12,14). The van der Waals surface area contributed by atoms with Crippen LogP contribution in [-0.4, -0.2) is 49.4 Å². The molecule has 3 N–H and O–H groups in total. The number of primary amides is 1. The van der Waals surface area contributed by atoms with Gasteiger partial charge in [0, 0.05) is 18.1 Å². The fourth-order valence-electron chi connectivity index (χ4n) is 1.53. The lowest BCUT2D eigenvalue weighted by atomic mass is 9.98. The number of carbonyl (C=O) groups excluding carboxylic acids is 1. The summed E-state index contributed by atoms with van der Waals surface area (Å²) in [6.07, 6.45) is 4.07. The minimum atomic E-state index is -2.89. The normalized spacial score (nSPS) is 19.4. The van der Waals surface area contributed by atoms with Crippen LogP contribution in [0.2, 0.25) is 0 Å². The van der Waals surface area contributed by atoms with Crippen molar-refractivity contribution < 1.29 is 13.2 Å². The Hall–Kier alpha value is -0.270. The first-order valence-corrected chi connectivity index (χ1v) is 9.27. The Balaban J connectivity index is 2.27. The highest BCUT2D eigenvalue weighted by Gasteiger charge is 2.36. The first-order valence-electron chi connectivity index (χ1n) is 6.06. The first kappa shape index (κ1) is 15.8. The summed E-state index contributed by atoms with van der Waals surface area (Å²) >= 11 is 1.54. The Labute approximate surface area is 113 Å². The molecule has 0 saturated heterocycles. The van der Waals surface area contributed by atoms with E-state index in [1.807, 2.05) is 6.92 Å². The van der Waals surface area contributed by atoms with Crippen LogP contribution in [0.1, 0.15) is 26.2 Å². The van der Waals surface area contributed by atoms with Gasteiger partial charge >= 0.3 is 0 Å². The topological polar surface area (TPSA) is 89.3 Å². The second-order valence-corrected chi connectivity index (χ2v) is 8.59. The van der Waals surface area contributed by atoms with E-state index in [4.69, 9.17) is 5.73 Å². The van der Waals surface area contributed by atoms with Crippen LogP contribution < -0.4 is 11.1 Å². The zero-order valence-corrected chi connectivity index (χ0v) is 12.6. The second kappa shape index (κ2) is 6.25. The van der Waals surface area contributed by atoms with E-state index < -0.39 is 15.4 Å². The molecule has 1 unspecified atom stereocenters. The molecule has 0 aromatic carbocycles. The molecule has 0 aromatic heterocycles. The predicted octanol–water partition coefficient (Wildman–Crippen LogP) is 0.150. The van der Waals surface area contributed by atoms with E-state index in [9.17, 15) is 13.2 Å². The Morgan fingerprint density at radius 2 is 2.06 bits per heavy atom. The van der Waals surface area contributed by atoms with E-state index in [0.29, 0.717) is 18.2 Å². The third-order valence-corrected chi connectivity index (χ3v) is 5.18. The number of rotatable bonds is 9. The van der Waals surface area contributed by atoms with Gasteiger partial charge in [-0.05, 0) is 31.9 Å². The molecule has 1 aliphatic carbocycles. The Morgan fingerprint density at radius 3 is 2.50 bits per heavy atom. The van der Waals surface area contributed by atoms with E-state index in [1.54, 1.807) is 11.8 Å². The van der Waals surface area contributed by atoms with Gasteiger partial charge in [0.05, 0.1) is 11.3 Å². The van der Waals surface area contributed by atoms with Crippen LogP contribution in [0.3, 0.4) is 0 Å². The van der Waals surface area contributed by atoms with E-state index >= 15 is 0 Å². The molecule has 1 amide bonds. The Morgan fingerprint density at radius 1 is 1.44 bits per heavy atom. The molecule has 1 fully saturated rings. The van der Waals surface area contributed by atoms with Crippen molar-refractivity contribution in [3.8, 4) is 0 Å². The summed E-state index contributed by atoms with van der Waals surface area (Å²) in [5.41, 5.74) is 4.76. The van der Waals surface area contributed by atoms with E-state index in [-0.39, 0.29) is 11.7 Å². The van der Waals surface area contributed by atoms with Gasteiger partial charge in [-0.3, -0.25) is 4.79 Å². The number of nitrogens with one attached hydrogen (secondary N) is 1. The SMILES string of the molecule is CC(CCSCCS(C)(=O)=O)(NC1CC1)C(N)=O. The molecule has 0 aromatic rings. The molecular weight excluding hydrogens is 272 g/mol. The van der Waals surface area contributed by atoms with Gasteiger partial charge in [-0.2, -0.15) is 11.8 Å². The third kappa shape index (κ3) is 6.06. The minimum absolute atomic E-state index is 0.182. The molecule has 7 heteroatoms. The molecule has 0 radical (unpaired) electrons. The van der Waals surface area contributed by atoms with Crippen LogP contribution in [0.15, 0.2) is 0 Å². The lowest BCUT2D eigenvalue weighted by molar-refractivity contribution is -0.124. The van der Waals surface area contributed by atoms with Crippen LogP contribution in [-0.2, 0) is 14.6 Å². The van der Waals surface area contributed by atoms with Crippen molar-refractivity contribution in [3.05, 3.63) is 0 Å².